The summed E-state index contributed by atoms with van der Waals surface area (Å²) < 4.78 is 0. The Morgan fingerprint density at radius 3 is 2.14 bits per heavy atom. The molecule has 5 amide bonds. The number of amides is 5. The summed E-state index contributed by atoms with van der Waals surface area (Å²) in [5.74, 6) is -5.00. The first-order valence-electron chi connectivity index (χ1n) is 11.4. The zero-order valence-corrected chi connectivity index (χ0v) is 20.0. The van der Waals surface area contributed by atoms with Crippen LogP contribution in [0.15, 0.2) is 30.5 Å². The normalized spacial score (nSPS) is 13.2. The number of H-pyrrole nitrogens is 1. The van der Waals surface area contributed by atoms with Crippen LogP contribution in [0.25, 0.3) is 10.9 Å². The molecule has 11 N–H and O–H groups in total. The molecule has 2 rings (SSSR count). The Balaban J connectivity index is 2.26. The van der Waals surface area contributed by atoms with Crippen molar-refractivity contribution >= 4 is 46.4 Å². The molecule has 200 valence electrons. The van der Waals surface area contributed by atoms with E-state index in [-0.39, 0.29) is 32.1 Å². The molecule has 0 saturated carbocycles. The van der Waals surface area contributed by atoms with E-state index in [1.807, 2.05) is 18.2 Å². The van der Waals surface area contributed by atoms with Crippen molar-refractivity contribution in [2.45, 2.75) is 50.2 Å². The summed E-state index contributed by atoms with van der Waals surface area (Å²) in [5.41, 5.74) is 17.6. The second-order valence-electron chi connectivity index (χ2n) is 8.41. The number of nitrogens with one attached hydrogen (secondary N) is 4. The fourth-order valence-corrected chi connectivity index (χ4v) is 3.55. The molecule has 0 radical (unpaired) electrons. The highest BCUT2D eigenvalue weighted by Crippen LogP contribution is 2.19. The average Bonchev–Trinajstić information content (AvgIpc) is 3.25. The van der Waals surface area contributed by atoms with E-state index in [2.05, 4.69) is 20.9 Å². The molecule has 3 unspecified atom stereocenters. The molecule has 0 aliphatic heterocycles. The summed E-state index contributed by atoms with van der Waals surface area (Å²) in [5, 5.41) is 16.8. The van der Waals surface area contributed by atoms with Crippen LogP contribution >= 0.6 is 0 Å². The Bertz CT molecular complexity index is 1160. The minimum Gasteiger partial charge on any atom is -0.480 e. The van der Waals surface area contributed by atoms with Crippen LogP contribution in [-0.2, 0) is 35.2 Å². The van der Waals surface area contributed by atoms with Crippen molar-refractivity contribution in [2.75, 3.05) is 6.54 Å². The molecule has 2 aromatic rings. The number of fused-ring (bicyclic) bond motifs is 1. The fourth-order valence-electron chi connectivity index (χ4n) is 3.55. The molecular weight excluding hydrogens is 486 g/mol. The maximum atomic E-state index is 13.3. The standard InChI is InChI=1S/C23H31N7O7/c24-14(5-7-18(25)31)21(35)30-17(9-12-10-27-15-4-2-1-3-13(12)15)23(37)29-16(6-8-19(26)32)22(36)28-11-20(33)34/h1-4,10,14,16-17,27H,5-9,11,24H2,(H2,25,31)(H2,26,32)(H,28,36)(H,29,37)(H,30,35)(H,33,34). The molecule has 37 heavy (non-hydrogen) atoms. The molecule has 0 aliphatic rings. The van der Waals surface area contributed by atoms with Crippen LogP contribution in [0.1, 0.15) is 31.2 Å². The molecule has 1 aromatic heterocycles. The number of primary amides is 2. The number of aromatic nitrogens is 1. The van der Waals surface area contributed by atoms with E-state index < -0.39 is 60.2 Å². The zero-order chi connectivity index (χ0) is 27.5. The molecular formula is C23H31N7O7. The molecule has 0 bridgehead atoms. The van der Waals surface area contributed by atoms with Crippen molar-refractivity contribution < 1.29 is 33.9 Å². The van der Waals surface area contributed by atoms with Crippen LogP contribution in [-0.4, -0.2) is 70.3 Å². The number of hydrogen-bond donors (Lipinski definition) is 8. The van der Waals surface area contributed by atoms with Crippen LogP contribution in [0.2, 0.25) is 0 Å². The average molecular weight is 518 g/mol. The number of carboxylic acids is 1. The molecule has 14 nitrogen and oxygen atoms in total. The van der Waals surface area contributed by atoms with Gasteiger partial charge in [0, 0.05) is 36.4 Å². The number of aromatic amines is 1. The van der Waals surface area contributed by atoms with E-state index in [1.165, 1.54) is 0 Å². The van der Waals surface area contributed by atoms with Gasteiger partial charge in [0.15, 0.2) is 0 Å². The van der Waals surface area contributed by atoms with Gasteiger partial charge in [-0.05, 0) is 24.5 Å². The van der Waals surface area contributed by atoms with Gasteiger partial charge in [0.05, 0.1) is 6.04 Å². The SMILES string of the molecule is NC(=O)CCC(N)C(=O)NC(Cc1c[nH]c2ccccc12)C(=O)NC(CCC(N)=O)C(=O)NCC(=O)O. The molecule has 3 atom stereocenters. The van der Waals surface area contributed by atoms with Gasteiger partial charge in [0.1, 0.15) is 18.6 Å². The second-order valence-corrected chi connectivity index (χ2v) is 8.41. The first kappa shape index (κ1) is 28.8. The molecule has 0 fully saturated rings. The fraction of sp³-hybridized carbons (Fsp3) is 0.391. The number of hydrogen-bond acceptors (Lipinski definition) is 7. The number of carbonyl (C=O) groups is 6. The Labute approximate surface area is 211 Å². The summed E-state index contributed by atoms with van der Waals surface area (Å²) in [6.07, 6.45) is 1.05. The third-order valence-corrected chi connectivity index (χ3v) is 5.50. The third-order valence-electron chi connectivity index (χ3n) is 5.50. The van der Waals surface area contributed by atoms with Crippen LogP contribution in [0.4, 0.5) is 0 Å². The Hall–Kier alpha value is -4.46. The number of rotatable bonds is 15. The lowest BCUT2D eigenvalue weighted by molar-refractivity contribution is -0.138. The predicted octanol–water partition coefficient (Wildman–Crippen LogP) is -2.26. The second kappa shape index (κ2) is 13.6. The number of para-hydroxylation sites is 1. The Morgan fingerprint density at radius 1 is 0.865 bits per heavy atom. The van der Waals surface area contributed by atoms with Crippen molar-refractivity contribution in [1.29, 1.82) is 0 Å². The Morgan fingerprint density at radius 2 is 1.49 bits per heavy atom. The molecule has 0 spiro atoms. The summed E-state index contributed by atoms with van der Waals surface area (Å²) in [6.45, 7) is -0.702. The number of carboxylic acid groups (broad SMARTS) is 1. The van der Waals surface area contributed by atoms with E-state index in [4.69, 9.17) is 22.3 Å². The van der Waals surface area contributed by atoms with Gasteiger partial charge in [0.2, 0.25) is 29.5 Å². The van der Waals surface area contributed by atoms with Crippen molar-refractivity contribution in [3.8, 4) is 0 Å². The zero-order valence-electron chi connectivity index (χ0n) is 20.0. The van der Waals surface area contributed by atoms with Crippen molar-refractivity contribution in [2.24, 2.45) is 17.2 Å². The highest BCUT2D eigenvalue weighted by Gasteiger charge is 2.29. The van der Waals surface area contributed by atoms with E-state index in [9.17, 15) is 28.8 Å². The maximum absolute atomic E-state index is 13.3. The molecule has 14 heteroatoms. The third kappa shape index (κ3) is 9.25. The van der Waals surface area contributed by atoms with Crippen LogP contribution in [0.3, 0.4) is 0 Å². The molecule has 0 aliphatic carbocycles. The van der Waals surface area contributed by atoms with Gasteiger partial charge >= 0.3 is 5.97 Å². The monoisotopic (exact) mass is 517 g/mol. The summed E-state index contributed by atoms with van der Waals surface area (Å²) in [7, 11) is 0. The van der Waals surface area contributed by atoms with Gasteiger partial charge in [-0.25, -0.2) is 0 Å². The summed E-state index contributed by atoms with van der Waals surface area (Å²) >= 11 is 0. The topological polar surface area (TPSA) is 253 Å². The number of benzene rings is 1. The Kier molecular flexibility index (Phi) is 10.6. The maximum Gasteiger partial charge on any atom is 0.322 e. The van der Waals surface area contributed by atoms with Gasteiger partial charge in [0.25, 0.3) is 0 Å². The van der Waals surface area contributed by atoms with E-state index in [0.717, 1.165) is 10.9 Å². The van der Waals surface area contributed by atoms with Gasteiger partial charge in [-0.3, -0.25) is 28.8 Å². The smallest absolute Gasteiger partial charge is 0.322 e. The van der Waals surface area contributed by atoms with Gasteiger partial charge in [-0.15, -0.1) is 0 Å². The lowest BCUT2D eigenvalue weighted by Gasteiger charge is -2.24. The molecule has 0 saturated heterocycles. The first-order chi connectivity index (χ1) is 17.5. The number of carbonyl (C=O) groups excluding carboxylic acids is 5. The lowest BCUT2D eigenvalue weighted by atomic mass is 10.0. The van der Waals surface area contributed by atoms with Crippen LogP contribution in [0.5, 0.6) is 0 Å². The minimum atomic E-state index is -1.30. The van der Waals surface area contributed by atoms with Crippen molar-refractivity contribution in [3.05, 3.63) is 36.0 Å². The van der Waals surface area contributed by atoms with Crippen molar-refractivity contribution in [1.82, 2.24) is 20.9 Å². The summed E-state index contributed by atoms with van der Waals surface area (Å²) in [4.78, 5) is 74.6. The number of aliphatic carboxylic acids is 1. The largest absolute Gasteiger partial charge is 0.480 e. The van der Waals surface area contributed by atoms with Crippen LogP contribution in [0, 0.1) is 0 Å². The molecule has 1 heterocycles. The quantitative estimate of drug-likeness (QED) is 0.128. The highest BCUT2D eigenvalue weighted by atomic mass is 16.4. The van der Waals surface area contributed by atoms with E-state index >= 15 is 0 Å². The number of nitrogens with two attached hydrogens (primary N) is 3. The lowest BCUT2D eigenvalue weighted by Crippen LogP contribution is -2.56. The first-order valence-corrected chi connectivity index (χ1v) is 11.4. The van der Waals surface area contributed by atoms with Crippen molar-refractivity contribution in [3.63, 3.8) is 0 Å². The van der Waals surface area contributed by atoms with Gasteiger partial charge in [-0.1, -0.05) is 18.2 Å². The van der Waals surface area contributed by atoms with E-state index in [0.29, 0.717) is 5.56 Å². The van der Waals surface area contributed by atoms with Gasteiger partial charge in [-0.2, -0.15) is 0 Å². The highest BCUT2D eigenvalue weighted by molar-refractivity contribution is 5.95. The minimum absolute atomic E-state index is 0.00338. The summed E-state index contributed by atoms with van der Waals surface area (Å²) in [6, 6.07) is 3.64. The van der Waals surface area contributed by atoms with E-state index in [1.54, 1.807) is 12.3 Å². The van der Waals surface area contributed by atoms with Crippen LogP contribution < -0.4 is 33.2 Å². The van der Waals surface area contributed by atoms with Gasteiger partial charge < -0.3 is 43.2 Å². The molecule has 1 aromatic carbocycles. The predicted molar refractivity (Wildman–Crippen MR) is 131 cm³/mol.